The molecule has 6 N–H and O–H groups in total. The number of ether oxygens (including phenoxy) is 1. The van der Waals surface area contributed by atoms with Gasteiger partial charge in [-0.1, -0.05) is 0 Å². The van der Waals surface area contributed by atoms with Crippen molar-refractivity contribution in [3.05, 3.63) is 65.5 Å². The molecule has 1 saturated heterocycles. The third kappa shape index (κ3) is 6.16. The van der Waals surface area contributed by atoms with E-state index in [9.17, 15) is 13.2 Å². The van der Waals surface area contributed by atoms with Gasteiger partial charge in [0.25, 0.3) is 10.0 Å². The molecule has 0 spiro atoms. The Morgan fingerprint density at radius 1 is 1.19 bits per heavy atom. The molecular formula is C18H21N7O5S2. The number of nitrogen functional groups attached to an aromatic ring is 2. The molecule has 2 aromatic heterocycles. The van der Waals surface area contributed by atoms with Crippen LogP contribution in [0.4, 0.5) is 17.5 Å². The lowest BCUT2D eigenvalue weighted by molar-refractivity contribution is -0.00629. The molecule has 170 valence electrons. The summed E-state index contributed by atoms with van der Waals surface area (Å²) < 4.78 is 32.8. The Morgan fingerprint density at radius 3 is 2.47 bits per heavy atom. The molecule has 3 aromatic rings. The van der Waals surface area contributed by atoms with Crippen LogP contribution in [0.1, 0.15) is 6.23 Å². The highest BCUT2D eigenvalue weighted by molar-refractivity contribution is 8.00. The number of nitrogens with zero attached hydrogens (tertiary/aromatic N) is 4. The number of nitrogens with two attached hydrogens (primary N) is 2. The molecule has 3 heterocycles. The fraction of sp³-hybridized carbons (Fsp3) is 0.222. The van der Waals surface area contributed by atoms with Gasteiger partial charge in [-0.3, -0.25) is 4.57 Å². The number of thioether (sulfide) groups is 1. The van der Waals surface area contributed by atoms with Crippen molar-refractivity contribution in [3.8, 4) is 0 Å². The molecule has 14 heteroatoms. The van der Waals surface area contributed by atoms with E-state index >= 15 is 0 Å². The lowest BCUT2D eigenvalue weighted by atomic mass is 10.3. The maximum atomic E-state index is 11.9. The van der Waals surface area contributed by atoms with E-state index in [-0.39, 0.29) is 34.9 Å². The smallest absolute Gasteiger partial charge is 0.351 e. The predicted octanol–water partition coefficient (Wildman–Crippen LogP) is 0.265. The van der Waals surface area contributed by atoms with Crippen molar-refractivity contribution in [1.82, 2.24) is 19.5 Å². The zero-order valence-corrected chi connectivity index (χ0v) is 18.2. The minimum atomic E-state index is -3.66. The normalized spacial score (nSPS) is 17.9. The minimum Gasteiger partial charge on any atom is -0.399 e. The van der Waals surface area contributed by atoms with Gasteiger partial charge in [-0.2, -0.15) is 4.98 Å². The highest BCUT2D eigenvalue weighted by atomic mass is 32.2. The van der Waals surface area contributed by atoms with Crippen LogP contribution in [0, 0.1) is 0 Å². The average molecular weight is 480 g/mol. The van der Waals surface area contributed by atoms with E-state index in [1.807, 2.05) is 0 Å². The number of sulfonamides is 1. The maximum Gasteiger partial charge on any atom is 0.351 e. The Bertz CT molecular complexity index is 1190. The van der Waals surface area contributed by atoms with Gasteiger partial charge in [0.1, 0.15) is 17.5 Å². The van der Waals surface area contributed by atoms with E-state index in [4.69, 9.17) is 21.3 Å². The number of nitrogens with one attached hydrogen (secondary N) is 1. The van der Waals surface area contributed by atoms with Gasteiger partial charge in [0.2, 0.25) is 5.95 Å². The van der Waals surface area contributed by atoms with Crippen LogP contribution >= 0.6 is 11.8 Å². The van der Waals surface area contributed by atoms with E-state index in [0.29, 0.717) is 11.4 Å². The van der Waals surface area contributed by atoms with Crippen LogP contribution in [0.25, 0.3) is 0 Å². The number of hydrogen-bond acceptors (Lipinski definition) is 11. The number of hydrogen-bond donors (Lipinski definition) is 4. The highest BCUT2D eigenvalue weighted by Crippen LogP contribution is 2.30. The molecular weight excluding hydrogens is 458 g/mol. The van der Waals surface area contributed by atoms with E-state index in [1.54, 1.807) is 18.3 Å². The van der Waals surface area contributed by atoms with Crippen molar-refractivity contribution in [3.63, 3.8) is 0 Å². The molecule has 0 unspecified atom stereocenters. The van der Waals surface area contributed by atoms with Gasteiger partial charge in [0, 0.05) is 30.0 Å². The molecule has 1 aliphatic heterocycles. The Morgan fingerprint density at radius 2 is 1.88 bits per heavy atom. The second-order valence-electron chi connectivity index (χ2n) is 6.33. The summed E-state index contributed by atoms with van der Waals surface area (Å²) in [5, 5.41) is 8.88. The third-order valence-corrected chi connectivity index (χ3v) is 6.48. The lowest BCUT2D eigenvalue weighted by Crippen LogP contribution is -2.28. The van der Waals surface area contributed by atoms with Gasteiger partial charge in [-0.05, 0) is 36.4 Å². The fourth-order valence-corrected chi connectivity index (χ4v) is 4.40. The summed E-state index contributed by atoms with van der Waals surface area (Å²) in [6.07, 6.45) is 4.09. The summed E-state index contributed by atoms with van der Waals surface area (Å²) in [5.41, 5.74) is 10.7. The molecule has 0 amide bonds. The largest absolute Gasteiger partial charge is 0.399 e. The molecule has 1 fully saturated rings. The van der Waals surface area contributed by atoms with Gasteiger partial charge >= 0.3 is 5.69 Å². The Kier molecular flexibility index (Phi) is 7.63. The van der Waals surface area contributed by atoms with E-state index in [0.717, 1.165) is 0 Å². The summed E-state index contributed by atoms with van der Waals surface area (Å²) in [4.78, 5) is 22.7. The number of benzene rings is 1. The number of aromatic nitrogens is 4. The molecule has 0 bridgehead atoms. The molecule has 0 aliphatic carbocycles. The summed E-state index contributed by atoms with van der Waals surface area (Å²) in [6.45, 7) is -0.0572. The van der Waals surface area contributed by atoms with Crippen LogP contribution < -0.4 is 21.9 Å². The van der Waals surface area contributed by atoms with Gasteiger partial charge in [0.05, 0.1) is 11.5 Å². The van der Waals surface area contributed by atoms with Crippen LogP contribution in [-0.4, -0.2) is 50.8 Å². The quantitative estimate of drug-likeness (QED) is 0.367. The first kappa shape index (κ1) is 23.5. The standard InChI is InChI=1S/C10H10N4O2S.C8H11N3O3S/c11-8-2-4-9(5-3-8)17(15,16)14-10-12-6-1-7-13-10;9-5-1-2-11(8(13)10-5)6-4-15-7(3-12)14-6/h1-7H,11H2,(H,12,13,14);1-2,6-7,12H,3-4H2,(H2,9,10,13)/t;6-,7+/m.0/s1. The van der Waals surface area contributed by atoms with Crippen LogP contribution in [0.15, 0.2) is 64.7 Å². The van der Waals surface area contributed by atoms with Crippen LogP contribution in [0.3, 0.4) is 0 Å². The van der Waals surface area contributed by atoms with Crippen molar-refractivity contribution in [2.75, 3.05) is 28.5 Å². The number of aliphatic hydroxyl groups excluding tert-OH is 1. The average Bonchev–Trinajstić information content (AvgIpc) is 3.24. The molecule has 0 saturated carbocycles. The van der Waals surface area contributed by atoms with E-state index in [1.165, 1.54) is 53.0 Å². The van der Waals surface area contributed by atoms with E-state index in [2.05, 4.69) is 19.7 Å². The lowest BCUT2D eigenvalue weighted by Gasteiger charge is -2.13. The topological polar surface area (TPSA) is 188 Å². The maximum absolute atomic E-state index is 11.9. The SMILES string of the molecule is Nc1ccc(S(=O)(=O)Nc2ncccn2)cc1.Nc1ccn([C@@H]2CS[C@H](CO)O2)c(=O)n1. The Labute approximate surface area is 187 Å². The monoisotopic (exact) mass is 479 g/mol. The van der Waals surface area contributed by atoms with Crippen molar-refractivity contribution in [2.24, 2.45) is 0 Å². The first-order chi connectivity index (χ1) is 15.3. The van der Waals surface area contributed by atoms with Gasteiger partial charge in [-0.25, -0.2) is 27.9 Å². The van der Waals surface area contributed by atoms with Crippen molar-refractivity contribution >= 4 is 39.2 Å². The molecule has 0 radical (unpaired) electrons. The molecule has 4 rings (SSSR count). The Hall–Kier alpha value is -3.20. The summed E-state index contributed by atoms with van der Waals surface area (Å²) in [6, 6.07) is 9.00. The summed E-state index contributed by atoms with van der Waals surface area (Å²) >= 11 is 1.47. The summed E-state index contributed by atoms with van der Waals surface area (Å²) in [5.74, 6) is 0.849. The number of rotatable bonds is 5. The van der Waals surface area contributed by atoms with Gasteiger partial charge in [-0.15, -0.1) is 11.8 Å². The minimum absolute atomic E-state index is 0.0318. The van der Waals surface area contributed by atoms with Crippen LogP contribution in [0.5, 0.6) is 0 Å². The molecule has 2 atom stereocenters. The number of anilines is 3. The third-order valence-electron chi connectivity index (χ3n) is 4.03. The van der Waals surface area contributed by atoms with Crippen LogP contribution in [-0.2, 0) is 14.8 Å². The van der Waals surface area contributed by atoms with Crippen molar-refractivity contribution in [1.29, 1.82) is 0 Å². The second kappa shape index (κ2) is 10.4. The first-order valence-electron chi connectivity index (χ1n) is 9.16. The zero-order valence-electron chi connectivity index (χ0n) is 16.6. The molecule has 1 aromatic carbocycles. The van der Waals surface area contributed by atoms with Gasteiger partial charge < -0.3 is 21.3 Å². The first-order valence-corrected chi connectivity index (χ1v) is 11.7. The highest BCUT2D eigenvalue weighted by Gasteiger charge is 2.27. The summed E-state index contributed by atoms with van der Waals surface area (Å²) in [7, 11) is -3.66. The van der Waals surface area contributed by atoms with Gasteiger partial charge in [0.15, 0.2) is 0 Å². The predicted molar refractivity (Wildman–Crippen MR) is 120 cm³/mol. The second-order valence-corrected chi connectivity index (χ2v) is 9.20. The molecule has 1 aliphatic rings. The molecule has 12 nitrogen and oxygen atoms in total. The van der Waals surface area contributed by atoms with Crippen molar-refractivity contribution in [2.45, 2.75) is 16.6 Å². The van der Waals surface area contributed by atoms with Crippen molar-refractivity contribution < 1.29 is 18.3 Å². The number of aliphatic hydroxyl groups is 1. The van der Waals surface area contributed by atoms with E-state index < -0.39 is 15.7 Å². The zero-order chi connectivity index (χ0) is 23.1. The molecule has 32 heavy (non-hydrogen) atoms. The fourth-order valence-electron chi connectivity index (χ4n) is 2.51. The Balaban J connectivity index is 0.000000182. The van der Waals surface area contributed by atoms with Crippen LogP contribution in [0.2, 0.25) is 0 Å².